The number of esters is 10. The third-order valence-corrected chi connectivity index (χ3v) is 8.38. The topological polar surface area (TPSA) is 327 Å². The van der Waals surface area contributed by atoms with Crippen molar-refractivity contribution in [1.82, 2.24) is 4.98 Å². The van der Waals surface area contributed by atoms with Gasteiger partial charge in [-0.15, -0.1) is 0 Å². The van der Waals surface area contributed by atoms with Crippen LogP contribution < -0.4 is 19.3 Å². The van der Waals surface area contributed by atoms with Crippen LogP contribution in [-0.4, -0.2) is 138 Å². The van der Waals surface area contributed by atoms with E-state index in [9.17, 15) is 52.3 Å². The fourth-order valence-corrected chi connectivity index (χ4v) is 5.38. The van der Waals surface area contributed by atoms with E-state index in [1.165, 1.54) is 18.2 Å². The normalized spacial score (nSPS) is 10.5. The lowest BCUT2D eigenvalue weighted by molar-refractivity contribution is -0.167. The maximum absolute atomic E-state index is 14.8. The summed E-state index contributed by atoms with van der Waals surface area (Å²) in [7, 11) is 0. The summed E-state index contributed by atoms with van der Waals surface area (Å²) >= 11 is 0. The first-order valence-corrected chi connectivity index (χ1v) is 20.3. The summed E-state index contributed by atoms with van der Waals surface area (Å²) in [5.74, 6) is -10.7. The number of carbonyl (C=O) groups excluding carboxylic acids is 10. The van der Waals surface area contributed by atoms with Crippen molar-refractivity contribution in [2.75, 3.05) is 83.2 Å². The quantitative estimate of drug-likeness (QED) is 0.0358. The first kappa shape index (κ1) is 54.6. The zero-order chi connectivity index (χ0) is 52.0. The highest BCUT2D eigenvalue weighted by molar-refractivity contribution is 5.91. The zero-order valence-corrected chi connectivity index (χ0v) is 38.3. The van der Waals surface area contributed by atoms with E-state index in [0.717, 1.165) is 68.8 Å². The second kappa shape index (κ2) is 27.1. The van der Waals surface area contributed by atoms with Crippen molar-refractivity contribution in [3.05, 3.63) is 54.2 Å². The molecule has 0 saturated carbocycles. The molecule has 0 aliphatic rings. The number of oxazole rings is 1. The molecule has 2 heterocycles. The number of anilines is 2. The molecule has 0 unspecified atom stereocenters. The number of rotatable bonds is 27. The first-order chi connectivity index (χ1) is 33.8. The molecule has 0 fully saturated rings. The van der Waals surface area contributed by atoms with Gasteiger partial charge < -0.3 is 75.5 Å². The number of benzene rings is 2. The highest BCUT2D eigenvalue weighted by Gasteiger charge is 2.26. The number of aromatic nitrogens is 1. The smallest absolute Gasteiger partial charge is 0.378 e. The van der Waals surface area contributed by atoms with Gasteiger partial charge in [0.1, 0.15) is 62.3 Å². The molecule has 0 saturated heterocycles. The summed E-state index contributed by atoms with van der Waals surface area (Å²) in [6, 6.07) is 7.17. The van der Waals surface area contributed by atoms with E-state index in [0.29, 0.717) is 0 Å². The molecule has 0 N–H and O–H groups in total. The molecule has 0 aliphatic carbocycles. The van der Waals surface area contributed by atoms with Crippen molar-refractivity contribution in [2.45, 2.75) is 34.6 Å². The molecule has 0 radical (unpaired) electrons. The van der Waals surface area contributed by atoms with Gasteiger partial charge in [-0.05, 0) is 24.3 Å². The summed E-state index contributed by atoms with van der Waals surface area (Å²) in [4.78, 5) is 126. The average molecular weight is 1010 g/mol. The molecule has 382 valence electrons. The van der Waals surface area contributed by atoms with Gasteiger partial charge in [-0.2, -0.15) is 0 Å². The zero-order valence-electron chi connectivity index (χ0n) is 38.3. The minimum atomic E-state index is -1.03. The van der Waals surface area contributed by atoms with Crippen molar-refractivity contribution < 1.29 is 118 Å². The lowest BCUT2D eigenvalue weighted by Crippen LogP contribution is -2.37. The molecule has 0 spiro atoms. The summed E-state index contributed by atoms with van der Waals surface area (Å²) in [6.07, 6.45) is 1.02. The monoisotopic (exact) mass is 1010 g/mol. The van der Waals surface area contributed by atoms with Crippen molar-refractivity contribution in [3.63, 3.8) is 0 Å². The number of halogens is 1. The molecule has 0 aliphatic heterocycles. The number of fused-ring (bicyclic) bond motifs is 1. The van der Waals surface area contributed by atoms with Crippen molar-refractivity contribution in [1.29, 1.82) is 0 Å². The van der Waals surface area contributed by atoms with Crippen molar-refractivity contribution in [3.8, 4) is 23.1 Å². The summed E-state index contributed by atoms with van der Waals surface area (Å²) in [5.41, 5.74) is -0.0810. The van der Waals surface area contributed by atoms with Crippen LogP contribution in [0.5, 0.6) is 11.5 Å². The fourth-order valence-electron chi connectivity index (χ4n) is 5.38. The Morgan fingerprint density at radius 2 is 0.930 bits per heavy atom. The highest BCUT2D eigenvalue weighted by atomic mass is 19.1. The van der Waals surface area contributed by atoms with Crippen molar-refractivity contribution in [2.24, 2.45) is 0 Å². The van der Waals surface area contributed by atoms with Gasteiger partial charge in [0.05, 0.1) is 17.6 Å². The summed E-state index contributed by atoms with van der Waals surface area (Å²) in [6.45, 7) is -2.18. The van der Waals surface area contributed by atoms with E-state index in [4.69, 9.17) is 42.0 Å². The third-order valence-electron chi connectivity index (χ3n) is 8.38. The Hall–Kier alpha value is -8.98. The fraction of sp³-hybridized carbons (Fsp3) is 0.372. The highest BCUT2D eigenvalue weighted by Crippen LogP contribution is 2.38. The van der Waals surface area contributed by atoms with Gasteiger partial charge >= 0.3 is 59.7 Å². The van der Waals surface area contributed by atoms with E-state index in [1.807, 2.05) is 0 Å². The minimum absolute atomic E-state index is 0.0459. The Morgan fingerprint density at radius 1 is 0.507 bits per heavy atom. The van der Waals surface area contributed by atoms with Gasteiger partial charge in [-0.25, -0.2) is 14.2 Å². The number of nitrogens with zero attached hydrogens (tertiary/aromatic N) is 3. The molecule has 2 aromatic carbocycles. The summed E-state index contributed by atoms with van der Waals surface area (Å²) < 4.78 is 86.0. The molecule has 2 aromatic heterocycles. The van der Waals surface area contributed by atoms with Crippen LogP contribution in [-0.2, 0) is 90.5 Å². The van der Waals surface area contributed by atoms with Gasteiger partial charge in [0.25, 0.3) is 5.89 Å². The first-order valence-electron chi connectivity index (χ1n) is 20.3. The second-order valence-corrected chi connectivity index (χ2v) is 13.8. The molecule has 71 heavy (non-hydrogen) atoms. The lowest BCUT2D eigenvalue weighted by atomic mass is 10.2. The molecular formula is C43H44FN3O24. The SMILES string of the molecule is CC(=O)OCOC(=O)CN(CC(=O)OCOC(C)=O)c1ccc(F)cc1OCCOc1cc2cc(-c3ncc(C(=O)OCOC(C)=O)o3)oc2cc1N(CC(=O)OCOC(C)=O)CC(=O)OCOC(C)=O. The average Bonchev–Trinajstić information content (AvgIpc) is 3.94. The summed E-state index contributed by atoms with van der Waals surface area (Å²) in [5, 5.41) is 0.274. The number of hydrogen-bond acceptors (Lipinski definition) is 27. The molecular weight excluding hydrogens is 961 g/mol. The van der Waals surface area contributed by atoms with E-state index >= 15 is 0 Å². The maximum atomic E-state index is 14.8. The Bertz CT molecular complexity index is 2520. The Balaban J connectivity index is 1.68. The predicted octanol–water partition coefficient (Wildman–Crippen LogP) is 2.23. The number of hydrogen-bond donors (Lipinski definition) is 0. The van der Waals surface area contributed by atoms with Gasteiger partial charge in [-0.3, -0.25) is 43.2 Å². The van der Waals surface area contributed by atoms with E-state index in [1.54, 1.807) is 0 Å². The number of carbonyl (C=O) groups is 10. The van der Waals surface area contributed by atoms with Crippen LogP contribution in [0.4, 0.5) is 15.8 Å². The van der Waals surface area contributed by atoms with Crippen LogP contribution in [0.25, 0.3) is 22.6 Å². The van der Waals surface area contributed by atoms with E-state index < -0.39 is 145 Å². The van der Waals surface area contributed by atoms with Crippen LogP contribution in [0.3, 0.4) is 0 Å². The second-order valence-electron chi connectivity index (χ2n) is 13.8. The molecule has 4 rings (SSSR count). The minimum Gasteiger partial charge on any atom is -0.488 e. The molecule has 0 amide bonds. The standard InChI is InChI=1S/C43H44FN3O24/c1-24(48)60-19-65-38(53)15-46(16-39(54)66-20-61-25(2)49)31-7-6-30(44)12-35(31)59-9-8-58-34-10-29-11-36(42-45-14-37(71-42)43(57)69-23-64-28(5)52)70-33(29)13-32(34)47(17-40(55)67-21-62-26(3)50)18-41(56)68-22-63-27(4)51/h6-7,10-14H,8-9,15-23H2,1-5H3. The predicted molar refractivity (Wildman–Crippen MR) is 226 cm³/mol. The van der Waals surface area contributed by atoms with Gasteiger partial charge in [0, 0.05) is 52.1 Å². The van der Waals surface area contributed by atoms with Gasteiger partial charge in [0.2, 0.25) is 39.7 Å². The van der Waals surface area contributed by atoms with Crippen LogP contribution in [0.2, 0.25) is 0 Å². The third kappa shape index (κ3) is 18.9. The molecule has 28 heteroatoms. The van der Waals surface area contributed by atoms with Crippen LogP contribution in [0.15, 0.2) is 51.4 Å². The van der Waals surface area contributed by atoms with E-state index in [-0.39, 0.29) is 45.5 Å². The molecule has 4 aromatic rings. The van der Waals surface area contributed by atoms with Crippen LogP contribution >= 0.6 is 0 Å². The number of ether oxygens (including phenoxy) is 12. The Kier molecular flexibility index (Phi) is 20.9. The molecule has 0 atom stereocenters. The Morgan fingerprint density at radius 3 is 1.38 bits per heavy atom. The molecule has 27 nitrogen and oxygen atoms in total. The van der Waals surface area contributed by atoms with Gasteiger partial charge in [0.15, 0.2) is 5.76 Å². The van der Waals surface area contributed by atoms with Gasteiger partial charge in [-0.1, -0.05) is 0 Å². The Labute approximate surface area is 399 Å². The van der Waals surface area contributed by atoms with Crippen molar-refractivity contribution >= 4 is 82.0 Å². The van der Waals surface area contributed by atoms with Crippen LogP contribution in [0.1, 0.15) is 45.2 Å². The lowest BCUT2D eigenvalue weighted by Gasteiger charge is -2.26. The number of furan rings is 1. The van der Waals surface area contributed by atoms with E-state index in [2.05, 4.69) is 28.7 Å². The maximum Gasteiger partial charge on any atom is 0.378 e. The largest absolute Gasteiger partial charge is 0.488 e. The van der Waals surface area contributed by atoms with Crippen LogP contribution in [0, 0.1) is 5.82 Å². The molecule has 0 bridgehead atoms.